The fraction of sp³-hybridized carbons (Fsp3) is 0.375. The Hall–Kier alpha value is -2.00. The predicted molar refractivity (Wildman–Crippen MR) is 119 cm³/mol. The lowest BCUT2D eigenvalue weighted by atomic mass is 9.94. The quantitative estimate of drug-likeness (QED) is 0.444. The SMILES string of the molecule is C=C(C)SC(C)(Cc1ccc(OCCc2ccc(CC)cn2)cc1)C(=C)C. The average Bonchev–Trinajstić information content (AvgIpc) is 2.63. The van der Waals surface area contributed by atoms with E-state index in [1.54, 1.807) is 11.8 Å². The van der Waals surface area contributed by atoms with Crippen molar-refractivity contribution in [2.45, 2.75) is 51.7 Å². The summed E-state index contributed by atoms with van der Waals surface area (Å²) in [5.41, 5.74) is 4.77. The minimum Gasteiger partial charge on any atom is -0.493 e. The van der Waals surface area contributed by atoms with Crippen molar-refractivity contribution < 1.29 is 4.74 Å². The second kappa shape index (κ2) is 9.80. The van der Waals surface area contributed by atoms with E-state index >= 15 is 0 Å². The third-order valence-corrected chi connectivity index (χ3v) is 5.98. The van der Waals surface area contributed by atoms with Gasteiger partial charge >= 0.3 is 0 Å². The van der Waals surface area contributed by atoms with Gasteiger partial charge < -0.3 is 4.74 Å². The molecule has 0 saturated heterocycles. The highest BCUT2D eigenvalue weighted by Gasteiger charge is 2.26. The van der Waals surface area contributed by atoms with E-state index in [2.05, 4.69) is 63.2 Å². The van der Waals surface area contributed by atoms with E-state index in [-0.39, 0.29) is 4.75 Å². The molecule has 0 saturated carbocycles. The summed E-state index contributed by atoms with van der Waals surface area (Å²) in [6.07, 6.45) is 4.71. The van der Waals surface area contributed by atoms with Crippen molar-refractivity contribution in [2.75, 3.05) is 6.61 Å². The standard InChI is InChI=1S/C24H31NOS/c1-7-20-8-11-22(25-17-20)14-15-26-23-12-9-21(10-13-23)16-24(6,18(2)3)27-19(4)5/h8-13,17H,2,4,7,14-16H2,1,3,5-6H3. The number of thioether (sulfide) groups is 1. The average molecular weight is 382 g/mol. The molecule has 0 aliphatic rings. The Morgan fingerprint density at radius 2 is 1.74 bits per heavy atom. The Labute approximate surface area is 168 Å². The lowest BCUT2D eigenvalue weighted by Gasteiger charge is -2.30. The highest BCUT2D eigenvalue weighted by molar-refractivity contribution is 8.04. The number of ether oxygens (including phenoxy) is 1. The summed E-state index contributed by atoms with van der Waals surface area (Å²) in [6, 6.07) is 12.6. The number of hydrogen-bond donors (Lipinski definition) is 0. The Balaban J connectivity index is 1.90. The third kappa shape index (κ3) is 6.59. The van der Waals surface area contributed by atoms with Crippen LogP contribution in [0.2, 0.25) is 0 Å². The minimum absolute atomic E-state index is 0.0372. The molecule has 0 spiro atoms. The molecule has 0 N–H and O–H groups in total. The second-order valence-electron chi connectivity index (χ2n) is 7.25. The molecule has 2 rings (SSSR count). The van der Waals surface area contributed by atoms with Crippen LogP contribution in [0.25, 0.3) is 0 Å². The van der Waals surface area contributed by atoms with Gasteiger partial charge in [-0.05, 0) is 67.8 Å². The highest BCUT2D eigenvalue weighted by Crippen LogP contribution is 2.39. The van der Waals surface area contributed by atoms with Gasteiger partial charge in [-0.1, -0.05) is 43.9 Å². The summed E-state index contributed by atoms with van der Waals surface area (Å²) in [5.74, 6) is 0.897. The van der Waals surface area contributed by atoms with Gasteiger partial charge in [0, 0.05) is 23.1 Å². The molecule has 0 amide bonds. The molecular formula is C24H31NOS. The van der Waals surface area contributed by atoms with Gasteiger partial charge in [0.15, 0.2) is 0 Å². The van der Waals surface area contributed by atoms with Crippen LogP contribution in [0.3, 0.4) is 0 Å². The summed E-state index contributed by atoms with van der Waals surface area (Å²) in [5, 5.41) is 0. The first-order valence-corrected chi connectivity index (χ1v) is 10.3. The molecule has 0 fully saturated rings. The first-order chi connectivity index (χ1) is 12.8. The molecule has 0 radical (unpaired) electrons. The summed E-state index contributed by atoms with van der Waals surface area (Å²) >= 11 is 1.79. The molecule has 1 heterocycles. The molecule has 27 heavy (non-hydrogen) atoms. The van der Waals surface area contributed by atoms with Gasteiger partial charge in [0.25, 0.3) is 0 Å². The molecule has 0 bridgehead atoms. The van der Waals surface area contributed by atoms with Crippen molar-refractivity contribution >= 4 is 11.8 Å². The van der Waals surface area contributed by atoms with Gasteiger partial charge in [-0.2, -0.15) is 0 Å². The van der Waals surface area contributed by atoms with Crippen molar-refractivity contribution in [1.82, 2.24) is 4.98 Å². The minimum atomic E-state index is -0.0372. The Kier molecular flexibility index (Phi) is 7.73. The van der Waals surface area contributed by atoms with E-state index in [1.165, 1.54) is 11.1 Å². The van der Waals surface area contributed by atoms with Gasteiger partial charge in [0.2, 0.25) is 0 Å². The van der Waals surface area contributed by atoms with Crippen LogP contribution in [0.15, 0.2) is 66.2 Å². The van der Waals surface area contributed by atoms with Gasteiger partial charge in [0.1, 0.15) is 5.75 Å². The largest absolute Gasteiger partial charge is 0.493 e. The van der Waals surface area contributed by atoms with Gasteiger partial charge in [-0.25, -0.2) is 0 Å². The van der Waals surface area contributed by atoms with E-state index in [0.717, 1.165) is 41.2 Å². The number of pyridine rings is 1. The van der Waals surface area contributed by atoms with Crippen molar-refractivity contribution in [3.8, 4) is 5.75 Å². The van der Waals surface area contributed by atoms with Crippen molar-refractivity contribution in [3.63, 3.8) is 0 Å². The molecule has 3 heteroatoms. The maximum Gasteiger partial charge on any atom is 0.119 e. The van der Waals surface area contributed by atoms with Gasteiger partial charge in [-0.15, -0.1) is 11.8 Å². The summed E-state index contributed by atoms with van der Waals surface area (Å²) < 4.78 is 5.85. The number of allylic oxidation sites excluding steroid dienone is 1. The molecule has 1 aromatic carbocycles. The molecule has 1 atom stereocenters. The van der Waals surface area contributed by atoms with Crippen LogP contribution in [0.1, 0.15) is 44.5 Å². The molecule has 2 aromatic rings. The lowest BCUT2D eigenvalue weighted by molar-refractivity contribution is 0.320. The van der Waals surface area contributed by atoms with E-state index in [0.29, 0.717) is 6.61 Å². The van der Waals surface area contributed by atoms with Crippen molar-refractivity contribution in [1.29, 1.82) is 0 Å². The number of aryl methyl sites for hydroxylation is 1. The Bertz CT molecular complexity index is 764. The fourth-order valence-corrected chi connectivity index (χ4v) is 4.02. The predicted octanol–water partition coefficient (Wildman–Crippen LogP) is 6.41. The molecule has 0 aliphatic carbocycles. The zero-order valence-electron chi connectivity index (χ0n) is 17.0. The highest BCUT2D eigenvalue weighted by atomic mass is 32.2. The van der Waals surface area contributed by atoms with Gasteiger partial charge in [-0.3, -0.25) is 4.98 Å². The zero-order valence-corrected chi connectivity index (χ0v) is 17.9. The van der Waals surface area contributed by atoms with Crippen LogP contribution in [0, 0.1) is 0 Å². The first kappa shape index (κ1) is 21.3. The van der Waals surface area contributed by atoms with Crippen LogP contribution in [-0.2, 0) is 19.3 Å². The number of benzene rings is 1. The summed E-state index contributed by atoms with van der Waals surface area (Å²) in [7, 11) is 0. The topological polar surface area (TPSA) is 22.1 Å². The maximum absolute atomic E-state index is 5.89. The fourth-order valence-electron chi connectivity index (χ4n) is 2.84. The Morgan fingerprint density at radius 1 is 1.07 bits per heavy atom. The molecule has 2 nitrogen and oxygen atoms in total. The summed E-state index contributed by atoms with van der Waals surface area (Å²) in [4.78, 5) is 5.59. The number of hydrogen-bond acceptors (Lipinski definition) is 3. The van der Waals surface area contributed by atoms with E-state index < -0.39 is 0 Å². The van der Waals surface area contributed by atoms with Crippen LogP contribution < -0.4 is 4.74 Å². The third-order valence-electron chi connectivity index (χ3n) is 4.69. The molecule has 144 valence electrons. The smallest absolute Gasteiger partial charge is 0.119 e. The second-order valence-corrected chi connectivity index (χ2v) is 9.05. The number of nitrogens with zero attached hydrogens (tertiary/aromatic N) is 1. The molecular weight excluding hydrogens is 350 g/mol. The number of rotatable bonds is 10. The Morgan fingerprint density at radius 3 is 2.26 bits per heavy atom. The van der Waals surface area contributed by atoms with Crippen LogP contribution >= 0.6 is 11.8 Å². The van der Waals surface area contributed by atoms with Crippen LogP contribution in [0.4, 0.5) is 0 Å². The maximum atomic E-state index is 5.89. The van der Waals surface area contributed by atoms with E-state index in [1.807, 2.05) is 25.3 Å². The van der Waals surface area contributed by atoms with E-state index in [9.17, 15) is 0 Å². The van der Waals surface area contributed by atoms with Crippen molar-refractivity contribution in [2.24, 2.45) is 0 Å². The monoisotopic (exact) mass is 381 g/mol. The van der Waals surface area contributed by atoms with Crippen LogP contribution in [0.5, 0.6) is 5.75 Å². The van der Waals surface area contributed by atoms with Crippen LogP contribution in [-0.4, -0.2) is 16.3 Å². The lowest BCUT2D eigenvalue weighted by Crippen LogP contribution is -2.24. The zero-order chi connectivity index (χ0) is 19.9. The first-order valence-electron chi connectivity index (χ1n) is 9.48. The molecule has 0 aliphatic heterocycles. The summed E-state index contributed by atoms with van der Waals surface area (Å²) in [6.45, 7) is 17.4. The molecule has 1 aromatic heterocycles. The van der Waals surface area contributed by atoms with E-state index in [4.69, 9.17) is 4.74 Å². The molecule has 1 unspecified atom stereocenters. The van der Waals surface area contributed by atoms with Gasteiger partial charge in [0.05, 0.1) is 6.61 Å². The number of aromatic nitrogens is 1. The van der Waals surface area contributed by atoms with Crippen molar-refractivity contribution in [3.05, 3.63) is 83.1 Å². The normalized spacial score (nSPS) is 13.0.